The molecule has 0 saturated carbocycles. The van der Waals surface area contributed by atoms with Crippen molar-refractivity contribution in [3.8, 4) is 5.75 Å². The summed E-state index contributed by atoms with van der Waals surface area (Å²) in [4.78, 5) is 24.0. The summed E-state index contributed by atoms with van der Waals surface area (Å²) < 4.78 is 6.24. The third-order valence-corrected chi connectivity index (χ3v) is 4.53. The third kappa shape index (κ3) is 7.15. The maximum absolute atomic E-state index is 12.1. The first-order valence-corrected chi connectivity index (χ1v) is 9.69. The Morgan fingerprint density at radius 2 is 1.86 bits per heavy atom. The van der Waals surface area contributed by atoms with Crippen LogP contribution in [0.5, 0.6) is 5.75 Å². The van der Waals surface area contributed by atoms with Crippen LogP contribution in [0.3, 0.4) is 0 Å². The number of nitrogens with one attached hydrogen (secondary N) is 2. The van der Waals surface area contributed by atoms with Gasteiger partial charge in [-0.3, -0.25) is 9.59 Å². The highest BCUT2D eigenvalue weighted by Gasteiger charge is 2.11. The monoisotopic (exact) mass is 445 g/mol. The van der Waals surface area contributed by atoms with Crippen molar-refractivity contribution >= 4 is 33.5 Å². The minimum absolute atomic E-state index is 0.0990. The highest BCUT2D eigenvalue weighted by atomic mass is 79.9. The van der Waals surface area contributed by atoms with Crippen LogP contribution < -0.4 is 15.5 Å². The Morgan fingerprint density at radius 3 is 2.54 bits per heavy atom. The van der Waals surface area contributed by atoms with E-state index in [2.05, 4.69) is 31.8 Å². The summed E-state index contributed by atoms with van der Waals surface area (Å²) in [7, 11) is 0. The molecule has 1 atom stereocenters. The number of hydrogen-bond acceptors (Lipinski definition) is 4. The van der Waals surface area contributed by atoms with Crippen molar-refractivity contribution in [1.82, 2.24) is 10.7 Å². The van der Waals surface area contributed by atoms with Crippen LogP contribution in [0, 0.1) is 6.92 Å². The van der Waals surface area contributed by atoms with Crippen molar-refractivity contribution in [3.05, 3.63) is 64.1 Å². The molecule has 0 spiro atoms. The van der Waals surface area contributed by atoms with E-state index in [4.69, 9.17) is 4.74 Å². The van der Waals surface area contributed by atoms with Crippen LogP contribution in [-0.2, 0) is 9.59 Å². The Kier molecular flexibility index (Phi) is 8.19. The highest BCUT2D eigenvalue weighted by Crippen LogP contribution is 2.25. The maximum atomic E-state index is 12.1. The van der Waals surface area contributed by atoms with Crippen LogP contribution in [0.4, 0.5) is 0 Å². The molecule has 0 fully saturated rings. The van der Waals surface area contributed by atoms with Crippen molar-refractivity contribution in [2.75, 3.05) is 6.61 Å². The lowest BCUT2D eigenvalue weighted by Crippen LogP contribution is -2.29. The molecule has 2 N–H and O–H groups in total. The van der Waals surface area contributed by atoms with E-state index in [1.807, 2.05) is 56.3 Å². The molecule has 0 saturated heterocycles. The molecule has 0 unspecified atom stereocenters. The van der Waals surface area contributed by atoms with Gasteiger partial charge >= 0.3 is 0 Å². The first kappa shape index (κ1) is 21.6. The van der Waals surface area contributed by atoms with Gasteiger partial charge in [-0.1, -0.05) is 36.4 Å². The number of hydrazone groups is 1. The summed E-state index contributed by atoms with van der Waals surface area (Å²) in [5.74, 6) is 0.0207. The second-order valence-electron chi connectivity index (χ2n) is 6.48. The molecule has 28 heavy (non-hydrogen) atoms. The summed E-state index contributed by atoms with van der Waals surface area (Å²) in [6, 6.07) is 15.2. The number of amides is 2. The zero-order valence-electron chi connectivity index (χ0n) is 16.2. The summed E-state index contributed by atoms with van der Waals surface area (Å²) >= 11 is 3.39. The van der Waals surface area contributed by atoms with E-state index in [9.17, 15) is 9.59 Å². The molecule has 0 heterocycles. The Labute approximate surface area is 173 Å². The number of carbonyl (C=O) groups is 2. The minimum Gasteiger partial charge on any atom is -0.483 e. The fraction of sp³-hybridized carbons (Fsp3) is 0.286. The fourth-order valence-corrected chi connectivity index (χ4v) is 3.05. The molecule has 7 heteroatoms. The molecule has 2 amide bonds. The van der Waals surface area contributed by atoms with Gasteiger partial charge in [0.2, 0.25) is 5.91 Å². The van der Waals surface area contributed by atoms with Crippen molar-refractivity contribution < 1.29 is 14.3 Å². The van der Waals surface area contributed by atoms with Crippen molar-refractivity contribution in [3.63, 3.8) is 0 Å². The van der Waals surface area contributed by atoms with E-state index < -0.39 is 5.91 Å². The Morgan fingerprint density at radius 1 is 1.14 bits per heavy atom. The molecule has 2 aromatic carbocycles. The molecular formula is C21H24BrN3O3. The van der Waals surface area contributed by atoms with E-state index in [1.165, 1.54) is 0 Å². The van der Waals surface area contributed by atoms with E-state index >= 15 is 0 Å². The lowest BCUT2D eigenvalue weighted by molar-refractivity contribution is -0.123. The number of halogens is 1. The van der Waals surface area contributed by atoms with Crippen LogP contribution in [0.2, 0.25) is 0 Å². The predicted molar refractivity (Wildman–Crippen MR) is 113 cm³/mol. The zero-order valence-corrected chi connectivity index (χ0v) is 17.7. The molecular weight excluding hydrogens is 422 g/mol. The molecule has 0 radical (unpaired) electrons. The Bertz CT molecular complexity index is 853. The van der Waals surface area contributed by atoms with Gasteiger partial charge in [0.15, 0.2) is 6.61 Å². The lowest BCUT2D eigenvalue weighted by atomic mass is 10.1. The molecule has 0 aliphatic heterocycles. The van der Waals surface area contributed by atoms with Gasteiger partial charge in [-0.2, -0.15) is 5.10 Å². The summed E-state index contributed by atoms with van der Waals surface area (Å²) in [6.45, 7) is 5.40. The Hall–Kier alpha value is -2.67. The largest absolute Gasteiger partial charge is 0.483 e. The minimum atomic E-state index is -0.398. The fourth-order valence-electron chi connectivity index (χ4n) is 2.45. The molecule has 0 aromatic heterocycles. The van der Waals surface area contributed by atoms with Crippen molar-refractivity contribution in [1.29, 1.82) is 0 Å². The van der Waals surface area contributed by atoms with Gasteiger partial charge in [0.05, 0.1) is 16.9 Å². The van der Waals surface area contributed by atoms with E-state index in [0.717, 1.165) is 15.6 Å². The highest BCUT2D eigenvalue weighted by molar-refractivity contribution is 9.10. The second kappa shape index (κ2) is 10.6. The van der Waals surface area contributed by atoms with Crippen LogP contribution in [0.25, 0.3) is 0 Å². The summed E-state index contributed by atoms with van der Waals surface area (Å²) in [6.07, 6.45) is 0.0990. The van der Waals surface area contributed by atoms with Gasteiger partial charge in [-0.25, -0.2) is 5.43 Å². The Balaban J connectivity index is 1.76. The number of hydrogen-bond donors (Lipinski definition) is 2. The SMILES string of the molecule is C/C(CC(=O)N[C@@H](C)c1ccccc1)=N/NC(=O)COc1ccc(C)cc1Br. The second-order valence-corrected chi connectivity index (χ2v) is 7.34. The third-order valence-electron chi connectivity index (χ3n) is 3.91. The molecule has 2 aromatic rings. The van der Waals surface area contributed by atoms with Gasteiger partial charge in [-0.15, -0.1) is 0 Å². The number of aryl methyl sites for hydroxylation is 1. The smallest absolute Gasteiger partial charge is 0.277 e. The zero-order chi connectivity index (χ0) is 20.5. The van der Waals surface area contributed by atoms with E-state index in [1.54, 1.807) is 13.0 Å². The molecule has 0 bridgehead atoms. The molecule has 148 valence electrons. The van der Waals surface area contributed by atoms with E-state index in [0.29, 0.717) is 11.5 Å². The van der Waals surface area contributed by atoms with Crippen molar-refractivity contribution in [2.24, 2.45) is 5.10 Å². The number of nitrogens with zero attached hydrogens (tertiary/aromatic N) is 1. The predicted octanol–water partition coefficient (Wildman–Crippen LogP) is 3.90. The van der Waals surface area contributed by atoms with Crippen LogP contribution in [0.1, 0.15) is 37.4 Å². The summed E-state index contributed by atoms with van der Waals surface area (Å²) in [5.41, 5.74) is 5.02. The average molecular weight is 446 g/mol. The van der Waals surface area contributed by atoms with Crippen LogP contribution >= 0.6 is 15.9 Å². The van der Waals surface area contributed by atoms with Gasteiger partial charge in [0, 0.05) is 5.71 Å². The lowest BCUT2D eigenvalue weighted by Gasteiger charge is -2.14. The summed E-state index contributed by atoms with van der Waals surface area (Å²) in [5, 5.41) is 6.87. The quantitative estimate of drug-likeness (QED) is 0.477. The number of rotatable bonds is 8. The van der Waals surface area contributed by atoms with E-state index in [-0.39, 0.29) is 25.0 Å². The van der Waals surface area contributed by atoms with Crippen LogP contribution in [0.15, 0.2) is 58.1 Å². The van der Waals surface area contributed by atoms with Crippen LogP contribution in [-0.4, -0.2) is 24.1 Å². The normalized spacial score (nSPS) is 12.2. The average Bonchev–Trinajstić information content (AvgIpc) is 2.66. The number of ether oxygens (including phenoxy) is 1. The first-order valence-electron chi connectivity index (χ1n) is 8.90. The first-order chi connectivity index (χ1) is 13.3. The standard InChI is InChI=1S/C21H24BrN3O3/c1-14-9-10-19(18(22)11-14)28-13-21(27)25-24-15(2)12-20(26)23-16(3)17-7-5-4-6-8-17/h4-11,16H,12-13H2,1-3H3,(H,23,26)(H,25,27)/b24-15-/t16-/m0/s1. The van der Waals surface area contributed by atoms with Gasteiger partial charge in [0.1, 0.15) is 5.75 Å². The molecule has 2 rings (SSSR count). The topological polar surface area (TPSA) is 79.8 Å². The van der Waals surface area contributed by atoms with Gasteiger partial charge in [0.25, 0.3) is 5.91 Å². The number of carbonyl (C=O) groups excluding carboxylic acids is 2. The molecule has 0 aliphatic rings. The molecule has 0 aliphatic carbocycles. The van der Waals surface area contributed by atoms with Crippen molar-refractivity contribution in [2.45, 2.75) is 33.2 Å². The molecule has 6 nitrogen and oxygen atoms in total. The number of benzene rings is 2. The van der Waals surface area contributed by atoms with Gasteiger partial charge in [-0.05, 0) is 60.0 Å². The van der Waals surface area contributed by atoms with Gasteiger partial charge < -0.3 is 10.1 Å². The maximum Gasteiger partial charge on any atom is 0.277 e.